The zero-order valence-electron chi connectivity index (χ0n) is 12.5. The van der Waals surface area contributed by atoms with Gasteiger partial charge in [-0.2, -0.15) is 0 Å². The second-order valence-electron chi connectivity index (χ2n) is 6.04. The molecular weight excluding hydrogens is 248 g/mol. The zero-order valence-corrected chi connectivity index (χ0v) is 12.5. The molecule has 6 heteroatoms. The second kappa shape index (κ2) is 6.86. The van der Waals surface area contributed by atoms with Crippen LogP contribution in [0.3, 0.4) is 0 Å². The van der Waals surface area contributed by atoms with Gasteiger partial charge in [-0.25, -0.2) is 9.59 Å². The first-order chi connectivity index (χ1) is 8.49. The molecule has 19 heavy (non-hydrogen) atoms. The molecule has 1 atom stereocenters. The van der Waals surface area contributed by atoms with E-state index in [2.05, 4.69) is 0 Å². The maximum absolute atomic E-state index is 11.9. The quantitative estimate of drug-likeness (QED) is 0.406. The third kappa shape index (κ3) is 6.54. The monoisotopic (exact) mass is 274 g/mol. The number of carboxylic acids is 1. The molecule has 0 heterocycles. The third-order valence-corrected chi connectivity index (χ3v) is 2.57. The van der Waals surface area contributed by atoms with E-state index in [-0.39, 0.29) is 6.42 Å². The summed E-state index contributed by atoms with van der Waals surface area (Å²) in [6.45, 7) is 5.86. The van der Waals surface area contributed by atoms with Gasteiger partial charge in [0.05, 0.1) is 0 Å². The summed E-state index contributed by atoms with van der Waals surface area (Å²) in [7, 11) is 3.86. The molecule has 0 aromatic rings. The molecule has 0 aliphatic heterocycles. The van der Waals surface area contributed by atoms with Crippen LogP contribution in [0.15, 0.2) is 0 Å². The van der Waals surface area contributed by atoms with Gasteiger partial charge in [0.15, 0.2) is 0 Å². The van der Waals surface area contributed by atoms with Crippen molar-refractivity contribution >= 4 is 11.9 Å². The van der Waals surface area contributed by atoms with Gasteiger partial charge in [-0.05, 0) is 60.7 Å². The van der Waals surface area contributed by atoms with Gasteiger partial charge in [-0.3, -0.25) is 0 Å². The summed E-state index contributed by atoms with van der Waals surface area (Å²) in [5.74, 6) is -2.22. The number of aliphatic carboxylic acids is 1. The fraction of sp³-hybridized carbons (Fsp3) is 0.846. The number of esters is 1. The van der Waals surface area contributed by atoms with Crippen LogP contribution in [0.2, 0.25) is 0 Å². The van der Waals surface area contributed by atoms with Crippen molar-refractivity contribution in [3.8, 4) is 0 Å². The van der Waals surface area contributed by atoms with Gasteiger partial charge in [0.25, 0.3) is 0 Å². The molecule has 0 fully saturated rings. The van der Waals surface area contributed by atoms with Crippen LogP contribution in [0.25, 0.3) is 0 Å². The number of ether oxygens (including phenoxy) is 1. The third-order valence-electron chi connectivity index (χ3n) is 2.57. The average Bonchev–Trinajstić information content (AvgIpc) is 2.20. The molecule has 0 saturated carbocycles. The maximum Gasteiger partial charge on any atom is 0.338 e. The van der Waals surface area contributed by atoms with Crippen molar-refractivity contribution in [1.82, 2.24) is 4.90 Å². The number of rotatable bonds is 7. The lowest BCUT2D eigenvalue weighted by molar-refractivity contribution is -0.169. The van der Waals surface area contributed by atoms with Crippen LogP contribution in [-0.2, 0) is 14.3 Å². The topological polar surface area (TPSA) is 92.9 Å². The van der Waals surface area contributed by atoms with Crippen LogP contribution in [0.4, 0.5) is 0 Å². The fourth-order valence-corrected chi connectivity index (χ4v) is 1.50. The Hall–Kier alpha value is -1.14. The number of hydrogen-bond donors (Lipinski definition) is 2. The Bertz CT molecular complexity index is 323. The van der Waals surface area contributed by atoms with E-state index in [0.29, 0.717) is 6.42 Å². The summed E-state index contributed by atoms with van der Waals surface area (Å²) < 4.78 is 5.09. The molecule has 0 aliphatic rings. The second-order valence-corrected chi connectivity index (χ2v) is 6.04. The standard InChI is InChI=1S/C13H26N2O4/c1-12(2,3)19-11(18)13(14,10(16)17)8-6-7-9-15(4)5/h6-9,14H2,1-5H3,(H,16,17)/t13-/m0/s1. The number of carbonyl (C=O) groups is 2. The number of hydrogen-bond acceptors (Lipinski definition) is 5. The smallest absolute Gasteiger partial charge is 0.338 e. The molecule has 6 nitrogen and oxygen atoms in total. The van der Waals surface area contributed by atoms with Crippen molar-refractivity contribution in [2.24, 2.45) is 5.73 Å². The first-order valence-electron chi connectivity index (χ1n) is 6.39. The van der Waals surface area contributed by atoms with E-state index in [1.165, 1.54) is 0 Å². The van der Waals surface area contributed by atoms with E-state index in [9.17, 15) is 14.7 Å². The Morgan fingerprint density at radius 1 is 1.21 bits per heavy atom. The van der Waals surface area contributed by atoms with Crippen molar-refractivity contribution in [3.63, 3.8) is 0 Å². The Morgan fingerprint density at radius 2 is 1.74 bits per heavy atom. The van der Waals surface area contributed by atoms with Gasteiger partial charge in [0.2, 0.25) is 5.54 Å². The molecule has 112 valence electrons. The van der Waals surface area contributed by atoms with Gasteiger partial charge in [0.1, 0.15) is 5.60 Å². The van der Waals surface area contributed by atoms with Crippen LogP contribution in [0.1, 0.15) is 40.0 Å². The summed E-state index contributed by atoms with van der Waals surface area (Å²) >= 11 is 0. The van der Waals surface area contributed by atoms with Crippen LogP contribution in [-0.4, -0.2) is 53.7 Å². The molecule has 0 aliphatic carbocycles. The number of nitrogens with two attached hydrogens (primary N) is 1. The van der Waals surface area contributed by atoms with E-state index >= 15 is 0 Å². The highest BCUT2D eigenvalue weighted by molar-refractivity contribution is 6.03. The van der Waals surface area contributed by atoms with Gasteiger partial charge >= 0.3 is 11.9 Å². The summed E-state index contributed by atoms with van der Waals surface area (Å²) in [6, 6.07) is 0. The van der Waals surface area contributed by atoms with E-state index in [1.807, 2.05) is 19.0 Å². The normalized spacial score (nSPS) is 15.1. The Labute approximate surface area is 114 Å². The molecule has 0 amide bonds. The van der Waals surface area contributed by atoms with Gasteiger partial charge in [-0.15, -0.1) is 0 Å². The Kier molecular flexibility index (Phi) is 6.45. The van der Waals surface area contributed by atoms with E-state index in [1.54, 1.807) is 20.8 Å². The molecule has 0 aromatic carbocycles. The molecule has 0 unspecified atom stereocenters. The van der Waals surface area contributed by atoms with Crippen LogP contribution < -0.4 is 5.73 Å². The lowest BCUT2D eigenvalue weighted by atomic mass is 9.93. The van der Waals surface area contributed by atoms with E-state index < -0.39 is 23.1 Å². The summed E-state index contributed by atoms with van der Waals surface area (Å²) in [5, 5.41) is 9.17. The van der Waals surface area contributed by atoms with Crippen molar-refractivity contribution in [3.05, 3.63) is 0 Å². The van der Waals surface area contributed by atoms with E-state index in [4.69, 9.17) is 10.5 Å². The highest BCUT2D eigenvalue weighted by Gasteiger charge is 2.44. The molecular formula is C13H26N2O4. The van der Waals surface area contributed by atoms with Gasteiger partial charge < -0.3 is 20.5 Å². The Balaban J connectivity index is 4.59. The molecule has 0 spiro atoms. The van der Waals surface area contributed by atoms with Crippen molar-refractivity contribution in [2.75, 3.05) is 20.6 Å². The molecule has 0 saturated heterocycles. The van der Waals surface area contributed by atoms with Gasteiger partial charge in [-0.1, -0.05) is 0 Å². The molecule has 3 N–H and O–H groups in total. The minimum Gasteiger partial charge on any atom is -0.479 e. The van der Waals surface area contributed by atoms with Crippen LogP contribution in [0, 0.1) is 0 Å². The van der Waals surface area contributed by atoms with Crippen molar-refractivity contribution < 1.29 is 19.4 Å². The minimum absolute atomic E-state index is 0.0745. The van der Waals surface area contributed by atoms with E-state index in [0.717, 1.165) is 13.0 Å². The molecule has 0 radical (unpaired) electrons. The predicted molar refractivity (Wildman–Crippen MR) is 72.8 cm³/mol. The summed E-state index contributed by atoms with van der Waals surface area (Å²) in [6.07, 6.45) is 1.41. The number of unbranched alkanes of at least 4 members (excludes halogenated alkanes) is 1. The average molecular weight is 274 g/mol. The van der Waals surface area contributed by atoms with Crippen molar-refractivity contribution in [1.29, 1.82) is 0 Å². The number of carboxylic acid groups (broad SMARTS) is 1. The largest absolute Gasteiger partial charge is 0.479 e. The molecule has 0 bridgehead atoms. The van der Waals surface area contributed by atoms with Crippen molar-refractivity contribution in [2.45, 2.75) is 51.2 Å². The first kappa shape index (κ1) is 17.9. The highest BCUT2D eigenvalue weighted by atomic mass is 16.6. The summed E-state index contributed by atoms with van der Waals surface area (Å²) in [4.78, 5) is 25.1. The minimum atomic E-state index is -1.96. The molecule has 0 aromatic heterocycles. The Morgan fingerprint density at radius 3 is 2.11 bits per heavy atom. The number of nitrogens with zero attached hydrogens (tertiary/aromatic N) is 1. The highest BCUT2D eigenvalue weighted by Crippen LogP contribution is 2.18. The van der Waals surface area contributed by atoms with Gasteiger partial charge in [0, 0.05) is 0 Å². The predicted octanol–water partition coefficient (Wildman–Crippen LogP) is 0.842. The number of carbonyl (C=O) groups excluding carboxylic acids is 1. The lowest BCUT2D eigenvalue weighted by Crippen LogP contribution is -2.57. The summed E-state index contributed by atoms with van der Waals surface area (Å²) in [5.41, 5.74) is 3.01. The van der Waals surface area contributed by atoms with Crippen LogP contribution >= 0.6 is 0 Å². The zero-order chi connectivity index (χ0) is 15.3. The maximum atomic E-state index is 11.9. The van der Waals surface area contributed by atoms with Crippen LogP contribution in [0.5, 0.6) is 0 Å². The SMILES string of the molecule is CN(C)CCCC[C@](N)(C(=O)O)C(=O)OC(C)(C)C. The lowest BCUT2D eigenvalue weighted by Gasteiger charge is -2.28. The molecule has 0 rings (SSSR count). The first-order valence-corrected chi connectivity index (χ1v) is 6.39. The fourth-order valence-electron chi connectivity index (χ4n) is 1.50.